The Hall–Kier alpha value is -3.28. The van der Waals surface area contributed by atoms with Crippen molar-refractivity contribution in [1.29, 1.82) is 0 Å². The van der Waals surface area contributed by atoms with Gasteiger partial charge in [-0.2, -0.15) is 5.10 Å². The molecular weight excluding hydrogens is 342 g/mol. The van der Waals surface area contributed by atoms with E-state index >= 15 is 0 Å². The number of para-hydroxylation sites is 1. The first-order valence-corrected chi connectivity index (χ1v) is 8.85. The maximum absolute atomic E-state index is 12.2. The number of amides is 1. The molecule has 6 heteroatoms. The number of aromatic amines is 1. The van der Waals surface area contributed by atoms with Gasteiger partial charge < -0.3 is 14.8 Å². The van der Waals surface area contributed by atoms with Crippen molar-refractivity contribution in [3.05, 3.63) is 70.9 Å². The molecule has 4 rings (SSSR count). The zero-order chi connectivity index (χ0) is 18.8. The third kappa shape index (κ3) is 3.26. The molecule has 0 bridgehead atoms. The minimum atomic E-state index is -0.145. The first kappa shape index (κ1) is 17.1. The first-order valence-electron chi connectivity index (χ1n) is 8.85. The van der Waals surface area contributed by atoms with Gasteiger partial charge in [-0.1, -0.05) is 42.5 Å². The number of ether oxygens (including phenoxy) is 2. The zero-order valence-corrected chi connectivity index (χ0v) is 15.3. The Morgan fingerprint density at radius 2 is 1.96 bits per heavy atom. The van der Waals surface area contributed by atoms with Crippen LogP contribution in [0.1, 0.15) is 34.7 Å². The smallest absolute Gasteiger partial charge is 0.226 e. The van der Waals surface area contributed by atoms with Gasteiger partial charge in [-0.15, -0.1) is 0 Å². The van der Waals surface area contributed by atoms with E-state index in [-0.39, 0.29) is 11.8 Å². The van der Waals surface area contributed by atoms with Crippen molar-refractivity contribution in [2.75, 3.05) is 12.4 Å². The molecule has 1 aromatic heterocycles. The number of nitrogens with one attached hydrogen (secondary N) is 2. The Kier molecular flexibility index (Phi) is 4.54. The summed E-state index contributed by atoms with van der Waals surface area (Å²) in [5.74, 6) is 1.70. The second-order valence-electron chi connectivity index (χ2n) is 6.57. The van der Waals surface area contributed by atoms with Crippen LogP contribution >= 0.6 is 0 Å². The molecule has 138 valence electrons. The third-order valence-electron chi connectivity index (χ3n) is 4.82. The number of H-pyrrole nitrogens is 1. The van der Waals surface area contributed by atoms with Crippen LogP contribution in [0.15, 0.2) is 48.5 Å². The minimum absolute atomic E-state index is 0.0594. The van der Waals surface area contributed by atoms with E-state index in [9.17, 15) is 4.79 Å². The molecule has 0 unspecified atom stereocenters. The second kappa shape index (κ2) is 7.15. The summed E-state index contributed by atoms with van der Waals surface area (Å²) in [6, 6.07) is 15.7. The summed E-state index contributed by atoms with van der Waals surface area (Å²) < 4.78 is 11.7. The van der Waals surface area contributed by atoms with Gasteiger partial charge in [0.25, 0.3) is 0 Å². The van der Waals surface area contributed by atoms with E-state index in [1.54, 1.807) is 7.11 Å². The molecule has 0 radical (unpaired) electrons. The molecule has 1 atom stereocenters. The van der Waals surface area contributed by atoms with Gasteiger partial charge in [-0.3, -0.25) is 9.89 Å². The lowest BCUT2D eigenvalue weighted by molar-refractivity contribution is -0.116. The number of anilines is 1. The van der Waals surface area contributed by atoms with Gasteiger partial charge >= 0.3 is 0 Å². The number of hydrogen-bond acceptors (Lipinski definition) is 4. The Morgan fingerprint density at radius 1 is 1.15 bits per heavy atom. The van der Waals surface area contributed by atoms with Crippen molar-refractivity contribution >= 4 is 11.7 Å². The third-order valence-corrected chi connectivity index (χ3v) is 4.82. The monoisotopic (exact) mass is 363 g/mol. The van der Waals surface area contributed by atoms with Crippen molar-refractivity contribution in [2.24, 2.45) is 0 Å². The standard InChI is InChI=1S/C21H21N3O3/c1-13-19-16(11-18(25)22-21(19)24-23-13)15-9-6-10-17(26-2)20(15)27-12-14-7-4-3-5-8-14/h3-10,16H,11-12H2,1-2H3,(H2,22,23,24,25)/t16-/m0/s1. The molecule has 0 fully saturated rings. The van der Waals surface area contributed by atoms with Crippen LogP contribution in [0.3, 0.4) is 0 Å². The molecule has 27 heavy (non-hydrogen) atoms. The van der Waals surface area contributed by atoms with Crippen molar-refractivity contribution in [2.45, 2.75) is 25.9 Å². The summed E-state index contributed by atoms with van der Waals surface area (Å²) in [5, 5.41) is 10.0. The quantitative estimate of drug-likeness (QED) is 0.723. The number of methoxy groups -OCH3 is 1. The number of rotatable bonds is 5. The number of carbonyl (C=O) groups is 1. The van der Waals surface area contributed by atoms with E-state index in [2.05, 4.69) is 15.5 Å². The molecule has 2 aromatic carbocycles. The number of hydrogen-bond donors (Lipinski definition) is 2. The summed E-state index contributed by atoms with van der Waals surface area (Å²) in [6.45, 7) is 2.38. The molecule has 1 aliphatic heterocycles. The molecule has 1 amide bonds. The molecular formula is C21H21N3O3. The number of nitrogens with zero attached hydrogens (tertiary/aromatic N) is 1. The van der Waals surface area contributed by atoms with Gasteiger partial charge in [0.15, 0.2) is 17.3 Å². The van der Waals surface area contributed by atoms with Gasteiger partial charge in [0.05, 0.1) is 7.11 Å². The van der Waals surface area contributed by atoms with Crippen LogP contribution in [0.25, 0.3) is 0 Å². The molecule has 0 aliphatic carbocycles. The van der Waals surface area contributed by atoms with E-state index in [1.807, 2.05) is 55.5 Å². The fourth-order valence-corrected chi connectivity index (χ4v) is 3.55. The maximum atomic E-state index is 12.2. The SMILES string of the molecule is COc1cccc([C@@H]2CC(=O)Nc3n[nH]c(C)c32)c1OCc1ccccc1. The van der Waals surface area contributed by atoms with E-state index in [0.717, 1.165) is 22.4 Å². The number of fused-ring (bicyclic) bond motifs is 1. The summed E-state index contributed by atoms with van der Waals surface area (Å²) in [4.78, 5) is 12.2. The molecule has 6 nitrogen and oxygen atoms in total. The summed E-state index contributed by atoms with van der Waals surface area (Å²) in [6.07, 6.45) is 0.336. The lowest BCUT2D eigenvalue weighted by atomic mass is 9.85. The Labute approximate surface area is 157 Å². The van der Waals surface area contributed by atoms with Crippen LogP contribution < -0.4 is 14.8 Å². The first-order chi connectivity index (χ1) is 13.2. The van der Waals surface area contributed by atoms with Gasteiger partial charge in [0.2, 0.25) is 5.91 Å². The maximum Gasteiger partial charge on any atom is 0.226 e. The van der Waals surface area contributed by atoms with Gasteiger partial charge in [-0.05, 0) is 18.6 Å². The lowest BCUT2D eigenvalue weighted by Crippen LogP contribution is -2.24. The fraction of sp³-hybridized carbons (Fsp3) is 0.238. The van der Waals surface area contributed by atoms with Crippen molar-refractivity contribution in [3.63, 3.8) is 0 Å². The fourth-order valence-electron chi connectivity index (χ4n) is 3.55. The normalized spacial score (nSPS) is 15.8. The van der Waals surface area contributed by atoms with Crippen molar-refractivity contribution < 1.29 is 14.3 Å². The van der Waals surface area contributed by atoms with Gasteiger partial charge in [0.1, 0.15) is 6.61 Å². The number of aryl methyl sites for hydroxylation is 1. The van der Waals surface area contributed by atoms with Crippen LogP contribution in [0.4, 0.5) is 5.82 Å². The van der Waals surface area contributed by atoms with Crippen LogP contribution in [-0.2, 0) is 11.4 Å². The van der Waals surface area contributed by atoms with Crippen LogP contribution in [0.5, 0.6) is 11.5 Å². The topological polar surface area (TPSA) is 76.2 Å². The number of benzene rings is 2. The molecule has 0 spiro atoms. The predicted octanol–water partition coefficient (Wildman–Crippen LogP) is 3.78. The lowest BCUT2D eigenvalue weighted by Gasteiger charge is -2.25. The van der Waals surface area contributed by atoms with E-state index in [1.165, 1.54) is 0 Å². The van der Waals surface area contributed by atoms with Crippen LogP contribution in [0.2, 0.25) is 0 Å². The van der Waals surface area contributed by atoms with Crippen molar-refractivity contribution in [1.82, 2.24) is 10.2 Å². The Morgan fingerprint density at radius 3 is 2.74 bits per heavy atom. The van der Waals surface area contributed by atoms with Gasteiger partial charge in [-0.25, -0.2) is 0 Å². The number of carbonyl (C=O) groups excluding carboxylic acids is 1. The van der Waals surface area contributed by atoms with Crippen molar-refractivity contribution in [3.8, 4) is 11.5 Å². The largest absolute Gasteiger partial charge is 0.493 e. The molecule has 3 aromatic rings. The summed E-state index contributed by atoms with van der Waals surface area (Å²) >= 11 is 0. The minimum Gasteiger partial charge on any atom is -0.493 e. The highest BCUT2D eigenvalue weighted by molar-refractivity contribution is 5.94. The highest BCUT2D eigenvalue weighted by Crippen LogP contribution is 2.44. The Bertz CT molecular complexity index is 966. The number of aromatic nitrogens is 2. The molecule has 0 saturated carbocycles. The predicted molar refractivity (Wildman–Crippen MR) is 102 cm³/mol. The Balaban J connectivity index is 1.75. The van der Waals surface area contributed by atoms with E-state index in [0.29, 0.717) is 30.3 Å². The molecule has 2 N–H and O–H groups in total. The average Bonchev–Trinajstić information content (AvgIpc) is 3.06. The summed E-state index contributed by atoms with van der Waals surface area (Å²) in [5.41, 5.74) is 3.92. The molecule has 1 aliphatic rings. The van der Waals surface area contributed by atoms with E-state index < -0.39 is 0 Å². The highest BCUT2D eigenvalue weighted by Gasteiger charge is 2.33. The second-order valence-corrected chi connectivity index (χ2v) is 6.57. The molecule has 0 saturated heterocycles. The van der Waals surface area contributed by atoms with Crippen LogP contribution in [-0.4, -0.2) is 23.2 Å². The van der Waals surface area contributed by atoms with Crippen LogP contribution in [0, 0.1) is 6.92 Å². The highest BCUT2D eigenvalue weighted by atomic mass is 16.5. The summed E-state index contributed by atoms with van der Waals surface area (Å²) in [7, 11) is 1.62. The zero-order valence-electron chi connectivity index (χ0n) is 15.3. The van der Waals surface area contributed by atoms with E-state index in [4.69, 9.17) is 9.47 Å². The average molecular weight is 363 g/mol. The van der Waals surface area contributed by atoms with Gasteiger partial charge in [0, 0.05) is 29.2 Å². The molecule has 2 heterocycles.